The number of nitrogens with one attached hydrogen (secondary N) is 2. The van der Waals surface area contributed by atoms with Crippen LogP contribution in [0.25, 0.3) is 10.8 Å². The highest BCUT2D eigenvalue weighted by atomic mass is 35.5. The molecule has 4 heteroatoms. The predicted molar refractivity (Wildman–Crippen MR) is 79.6 cm³/mol. The molecular weight excluding hydrogens is 260 g/mol. The lowest BCUT2D eigenvalue weighted by atomic mass is 10.00. The van der Waals surface area contributed by atoms with E-state index in [9.17, 15) is 4.79 Å². The summed E-state index contributed by atoms with van der Waals surface area (Å²) in [5.41, 5.74) is 1.11. The number of hydrogen-bond acceptors (Lipinski definition) is 1. The second kappa shape index (κ2) is 6.43. The molecule has 100 valence electrons. The third kappa shape index (κ3) is 3.38. The molecule has 1 atom stereocenters. The molecule has 0 aliphatic heterocycles. The van der Waals surface area contributed by atoms with Gasteiger partial charge in [0.05, 0.1) is 6.04 Å². The van der Waals surface area contributed by atoms with E-state index < -0.39 is 0 Å². The van der Waals surface area contributed by atoms with Crippen molar-refractivity contribution in [3.63, 3.8) is 0 Å². The lowest BCUT2D eigenvalue weighted by molar-refractivity contribution is 0.238. The van der Waals surface area contributed by atoms with Crippen molar-refractivity contribution in [1.82, 2.24) is 10.6 Å². The van der Waals surface area contributed by atoms with Gasteiger partial charge in [0.15, 0.2) is 0 Å². The van der Waals surface area contributed by atoms with E-state index in [0.29, 0.717) is 12.4 Å². The second-order valence-electron chi connectivity index (χ2n) is 4.38. The van der Waals surface area contributed by atoms with Crippen LogP contribution < -0.4 is 10.6 Å². The number of hydrogen-bond donors (Lipinski definition) is 2. The Morgan fingerprint density at radius 2 is 1.95 bits per heavy atom. The first kappa shape index (κ1) is 13.7. The number of fused-ring (bicyclic) bond motifs is 1. The maximum Gasteiger partial charge on any atom is 0.315 e. The largest absolute Gasteiger partial charge is 0.337 e. The Bertz CT molecular complexity index is 566. The van der Waals surface area contributed by atoms with Crippen LogP contribution in [0.2, 0.25) is 0 Å². The fourth-order valence-electron chi connectivity index (χ4n) is 2.11. The first-order valence-corrected chi connectivity index (χ1v) is 6.84. The van der Waals surface area contributed by atoms with Crippen LogP contribution in [0, 0.1) is 0 Å². The Kier molecular flexibility index (Phi) is 4.63. The van der Waals surface area contributed by atoms with Crippen molar-refractivity contribution in [3.05, 3.63) is 48.0 Å². The van der Waals surface area contributed by atoms with Gasteiger partial charge in [0.1, 0.15) is 0 Å². The summed E-state index contributed by atoms with van der Waals surface area (Å²) in [7, 11) is 0. The summed E-state index contributed by atoms with van der Waals surface area (Å²) in [6, 6.07) is 14.0. The number of carbonyl (C=O) groups excluding carboxylic acids is 1. The molecule has 0 aliphatic rings. The molecule has 2 rings (SSSR count). The fraction of sp³-hybridized carbons (Fsp3) is 0.267. The van der Waals surface area contributed by atoms with Crippen molar-refractivity contribution >= 4 is 28.4 Å². The van der Waals surface area contributed by atoms with Crippen LogP contribution in [0.3, 0.4) is 0 Å². The highest BCUT2D eigenvalue weighted by molar-refractivity contribution is 6.18. The summed E-state index contributed by atoms with van der Waals surface area (Å²) in [5.74, 6) is 0.413. The number of alkyl halides is 1. The van der Waals surface area contributed by atoms with Crippen LogP contribution in [-0.4, -0.2) is 18.5 Å². The van der Waals surface area contributed by atoms with E-state index in [0.717, 1.165) is 10.9 Å². The van der Waals surface area contributed by atoms with Crippen molar-refractivity contribution < 1.29 is 4.79 Å². The van der Waals surface area contributed by atoms with Gasteiger partial charge in [0.2, 0.25) is 0 Å². The summed E-state index contributed by atoms with van der Waals surface area (Å²) in [4.78, 5) is 11.6. The van der Waals surface area contributed by atoms with Gasteiger partial charge in [-0.2, -0.15) is 0 Å². The van der Waals surface area contributed by atoms with E-state index >= 15 is 0 Å². The minimum absolute atomic E-state index is 0.0542. The molecular formula is C15H17ClN2O. The van der Waals surface area contributed by atoms with Gasteiger partial charge in [-0.3, -0.25) is 0 Å². The summed E-state index contributed by atoms with van der Waals surface area (Å²) < 4.78 is 0. The van der Waals surface area contributed by atoms with Crippen molar-refractivity contribution in [2.24, 2.45) is 0 Å². The first-order valence-electron chi connectivity index (χ1n) is 6.30. The Hall–Kier alpha value is -1.74. The van der Waals surface area contributed by atoms with E-state index in [1.165, 1.54) is 5.39 Å². The van der Waals surface area contributed by atoms with Gasteiger partial charge < -0.3 is 10.6 Å². The average Bonchev–Trinajstić information content (AvgIpc) is 2.44. The van der Waals surface area contributed by atoms with Gasteiger partial charge in [-0.15, -0.1) is 11.6 Å². The molecule has 2 N–H and O–H groups in total. The molecule has 2 aromatic rings. The van der Waals surface area contributed by atoms with E-state index in [4.69, 9.17) is 11.6 Å². The molecule has 0 spiro atoms. The Morgan fingerprint density at radius 1 is 1.21 bits per heavy atom. The first-order chi connectivity index (χ1) is 9.22. The molecule has 0 aliphatic carbocycles. The topological polar surface area (TPSA) is 41.1 Å². The minimum atomic E-state index is -0.193. The van der Waals surface area contributed by atoms with Crippen LogP contribution in [0.5, 0.6) is 0 Å². The average molecular weight is 277 g/mol. The van der Waals surface area contributed by atoms with Crippen LogP contribution >= 0.6 is 11.6 Å². The van der Waals surface area contributed by atoms with E-state index in [-0.39, 0.29) is 12.1 Å². The molecule has 0 saturated heterocycles. The maximum atomic E-state index is 11.6. The van der Waals surface area contributed by atoms with Gasteiger partial charge in [-0.25, -0.2) is 4.79 Å². The molecule has 0 bridgehead atoms. The summed E-state index contributed by atoms with van der Waals surface area (Å²) in [6.07, 6.45) is 0. The molecule has 0 aromatic heterocycles. The number of carbonyl (C=O) groups is 1. The number of benzene rings is 2. The summed E-state index contributed by atoms with van der Waals surface area (Å²) in [5, 5.41) is 7.95. The molecule has 0 radical (unpaired) electrons. The van der Waals surface area contributed by atoms with Gasteiger partial charge in [0.25, 0.3) is 0 Å². The van der Waals surface area contributed by atoms with E-state index in [2.05, 4.69) is 28.8 Å². The summed E-state index contributed by atoms with van der Waals surface area (Å²) >= 11 is 5.53. The van der Waals surface area contributed by atoms with Crippen LogP contribution in [-0.2, 0) is 0 Å². The maximum absolute atomic E-state index is 11.6. The quantitative estimate of drug-likeness (QED) is 0.825. The molecule has 2 amide bonds. The number of amides is 2. The van der Waals surface area contributed by atoms with Crippen molar-refractivity contribution in [2.75, 3.05) is 12.4 Å². The van der Waals surface area contributed by atoms with Crippen LogP contribution in [0.1, 0.15) is 18.5 Å². The predicted octanol–water partition coefficient (Wildman–Crippen LogP) is 3.44. The normalized spacial score (nSPS) is 12.1. The Labute approximate surface area is 118 Å². The highest BCUT2D eigenvalue weighted by Gasteiger charge is 2.11. The third-order valence-corrected chi connectivity index (χ3v) is 3.21. The molecule has 0 heterocycles. The fourth-order valence-corrected chi connectivity index (χ4v) is 2.21. The van der Waals surface area contributed by atoms with Gasteiger partial charge in [-0.1, -0.05) is 42.5 Å². The molecule has 0 fully saturated rings. The Morgan fingerprint density at radius 3 is 2.74 bits per heavy atom. The molecule has 1 unspecified atom stereocenters. The Balaban J connectivity index is 2.17. The second-order valence-corrected chi connectivity index (χ2v) is 4.76. The van der Waals surface area contributed by atoms with E-state index in [1.54, 1.807) is 0 Å². The van der Waals surface area contributed by atoms with Crippen LogP contribution in [0.4, 0.5) is 4.79 Å². The van der Waals surface area contributed by atoms with Crippen molar-refractivity contribution in [1.29, 1.82) is 0 Å². The molecule has 19 heavy (non-hydrogen) atoms. The summed E-state index contributed by atoms with van der Waals surface area (Å²) in [6.45, 7) is 2.44. The highest BCUT2D eigenvalue weighted by Crippen LogP contribution is 2.23. The standard InChI is InChI=1S/C15H17ClN2O/c1-11(18-15(19)17-10-9-16)13-8-4-6-12-5-2-3-7-14(12)13/h2-8,11H,9-10H2,1H3,(H2,17,18,19). The van der Waals surface area contributed by atoms with E-state index in [1.807, 2.05) is 31.2 Å². The smallest absolute Gasteiger partial charge is 0.315 e. The zero-order chi connectivity index (χ0) is 13.7. The number of rotatable bonds is 4. The van der Waals surface area contributed by atoms with Gasteiger partial charge in [0, 0.05) is 12.4 Å². The van der Waals surface area contributed by atoms with Crippen LogP contribution in [0.15, 0.2) is 42.5 Å². The zero-order valence-electron chi connectivity index (χ0n) is 10.8. The minimum Gasteiger partial charge on any atom is -0.337 e. The number of urea groups is 1. The third-order valence-electron chi connectivity index (χ3n) is 3.02. The van der Waals surface area contributed by atoms with Crippen molar-refractivity contribution in [3.8, 4) is 0 Å². The van der Waals surface area contributed by atoms with Gasteiger partial charge >= 0.3 is 6.03 Å². The monoisotopic (exact) mass is 276 g/mol. The molecule has 2 aromatic carbocycles. The van der Waals surface area contributed by atoms with Gasteiger partial charge in [-0.05, 0) is 23.3 Å². The zero-order valence-corrected chi connectivity index (χ0v) is 11.6. The molecule has 3 nitrogen and oxygen atoms in total. The lowest BCUT2D eigenvalue weighted by Crippen LogP contribution is -2.37. The SMILES string of the molecule is CC(NC(=O)NCCCl)c1cccc2ccccc12. The number of halogens is 1. The lowest BCUT2D eigenvalue weighted by Gasteiger charge is -2.17. The van der Waals surface area contributed by atoms with Crippen molar-refractivity contribution in [2.45, 2.75) is 13.0 Å². The molecule has 0 saturated carbocycles.